The molecule has 1 aromatic carbocycles. The average Bonchev–Trinajstić information content (AvgIpc) is 2.54. The van der Waals surface area contributed by atoms with Crippen LogP contribution >= 0.6 is 0 Å². The van der Waals surface area contributed by atoms with Crippen molar-refractivity contribution >= 4 is 22.7 Å². The van der Waals surface area contributed by atoms with Crippen molar-refractivity contribution in [1.29, 1.82) is 0 Å². The lowest BCUT2D eigenvalue weighted by molar-refractivity contribution is 0.323. The van der Waals surface area contributed by atoms with Gasteiger partial charge in [0.15, 0.2) is 0 Å². The van der Waals surface area contributed by atoms with Gasteiger partial charge in [0.1, 0.15) is 5.25 Å². The van der Waals surface area contributed by atoms with Crippen molar-refractivity contribution in [3.8, 4) is 0 Å². The number of nitrogens with zero attached hydrogens (tertiary/aromatic N) is 1. The summed E-state index contributed by atoms with van der Waals surface area (Å²) in [5.41, 5.74) is 2.41. The summed E-state index contributed by atoms with van der Waals surface area (Å²) >= 11 is -0.890. The Morgan fingerprint density at radius 1 is 1.13 bits per heavy atom. The highest BCUT2D eigenvalue weighted by Crippen LogP contribution is 2.26. The SMILES string of the molecule is CC(C)[S+]([O-])NC1CCC(CNc2ccc(N(C)C)cc2)CC1. The van der Waals surface area contributed by atoms with Crippen LogP contribution in [-0.4, -0.2) is 36.5 Å². The molecule has 0 saturated heterocycles. The van der Waals surface area contributed by atoms with Gasteiger partial charge in [0.05, 0.1) is 6.04 Å². The van der Waals surface area contributed by atoms with Gasteiger partial charge < -0.3 is 14.8 Å². The summed E-state index contributed by atoms with van der Waals surface area (Å²) in [6.07, 6.45) is 4.67. The minimum absolute atomic E-state index is 0.194. The van der Waals surface area contributed by atoms with Crippen molar-refractivity contribution in [2.24, 2.45) is 5.92 Å². The first-order valence-corrected chi connectivity index (χ1v) is 9.85. The molecule has 1 saturated carbocycles. The molecule has 4 nitrogen and oxygen atoms in total. The van der Waals surface area contributed by atoms with Crippen molar-refractivity contribution in [3.63, 3.8) is 0 Å². The second kappa shape index (κ2) is 8.81. The maximum Gasteiger partial charge on any atom is 0.129 e. The lowest BCUT2D eigenvalue weighted by atomic mass is 9.86. The minimum atomic E-state index is -0.890. The fraction of sp³-hybridized carbons (Fsp3) is 0.667. The van der Waals surface area contributed by atoms with E-state index in [1.807, 2.05) is 13.8 Å². The van der Waals surface area contributed by atoms with Gasteiger partial charge in [-0.25, -0.2) is 0 Å². The van der Waals surface area contributed by atoms with Gasteiger partial charge in [-0.3, -0.25) is 0 Å². The van der Waals surface area contributed by atoms with Crippen LogP contribution in [0.2, 0.25) is 0 Å². The van der Waals surface area contributed by atoms with E-state index in [-0.39, 0.29) is 5.25 Å². The molecule has 0 aliphatic heterocycles. The largest absolute Gasteiger partial charge is 0.598 e. The van der Waals surface area contributed by atoms with Crippen LogP contribution in [-0.2, 0) is 11.4 Å². The fourth-order valence-electron chi connectivity index (χ4n) is 2.92. The lowest BCUT2D eigenvalue weighted by Crippen LogP contribution is -2.41. The molecular formula is C18H31N3OS. The standard InChI is InChI=1S/C18H31N3OS/c1-14(2)23(22)20-17-7-5-15(6-8-17)13-19-16-9-11-18(12-10-16)21(3)4/h9-12,14-15,17,19-20H,5-8,13H2,1-4H3. The van der Waals surface area contributed by atoms with E-state index in [2.05, 4.69) is 53.3 Å². The zero-order valence-corrected chi connectivity index (χ0v) is 15.7. The highest BCUT2D eigenvalue weighted by atomic mass is 32.2. The Hall–Kier alpha value is -0.910. The Morgan fingerprint density at radius 2 is 1.74 bits per heavy atom. The number of anilines is 2. The normalized spacial score (nSPS) is 22.9. The van der Waals surface area contributed by atoms with Gasteiger partial charge in [-0.2, -0.15) is 0 Å². The molecule has 1 aliphatic rings. The van der Waals surface area contributed by atoms with E-state index in [9.17, 15) is 4.55 Å². The van der Waals surface area contributed by atoms with Gasteiger partial charge >= 0.3 is 0 Å². The van der Waals surface area contributed by atoms with Crippen LogP contribution in [0.3, 0.4) is 0 Å². The second-order valence-electron chi connectivity index (χ2n) is 7.00. The molecule has 0 radical (unpaired) electrons. The van der Waals surface area contributed by atoms with Crippen LogP contribution in [0.15, 0.2) is 24.3 Å². The molecule has 1 aromatic rings. The van der Waals surface area contributed by atoms with Gasteiger partial charge in [0, 0.05) is 43.4 Å². The maximum atomic E-state index is 11.9. The monoisotopic (exact) mass is 337 g/mol. The molecule has 0 spiro atoms. The van der Waals surface area contributed by atoms with Crippen LogP contribution in [0.25, 0.3) is 0 Å². The number of nitrogens with one attached hydrogen (secondary N) is 2. The van der Waals surface area contributed by atoms with E-state index in [4.69, 9.17) is 0 Å². The highest BCUT2D eigenvalue weighted by molar-refractivity contribution is 7.90. The van der Waals surface area contributed by atoms with Crippen LogP contribution in [0.5, 0.6) is 0 Å². The van der Waals surface area contributed by atoms with Crippen LogP contribution < -0.4 is 14.9 Å². The first-order chi connectivity index (χ1) is 11.0. The lowest BCUT2D eigenvalue weighted by Gasteiger charge is -2.30. The second-order valence-corrected chi connectivity index (χ2v) is 8.78. The summed E-state index contributed by atoms with van der Waals surface area (Å²) in [5, 5.41) is 3.75. The van der Waals surface area contributed by atoms with Gasteiger partial charge in [0.2, 0.25) is 0 Å². The van der Waals surface area contributed by atoms with E-state index >= 15 is 0 Å². The Kier molecular flexibility index (Phi) is 7.06. The smallest absolute Gasteiger partial charge is 0.129 e. The van der Waals surface area contributed by atoms with E-state index in [0.717, 1.165) is 19.4 Å². The predicted molar refractivity (Wildman–Crippen MR) is 101 cm³/mol. The van der Waals surface area contributed by atoms with Gasteiger partial charge in [-0.1, -0.05) is 0 Å². The molecule has 23 heavy (non-hydrogen) atoms. The summed E-state index contributed by atoms with van der Waals surface area (Å²) in [5.74, 6) is 0.717. The predicted octanol–water partition coefficient (Wildman–Crippen LogP) is 3.39. The topological polar surface area (TPSA) is 50.4 Å². The molecule has 130 valence electrons. The van der Waals surface area contributed by atoms with Crippen molar-refractivity contribution < 1.29 is 4.55 Å². The Bertz CT molecular complexity index is 456. The fourth-order valence-corrected chi connectivity index (χ4v) is 3.76. The molecule has 2 rings (SSSR count). The molecule has 1 fully saturated rings. The highest BCUT2D eigenvalue weighted by Gasteiger charge is 2.25. The number of hydrogen-bond donors (Lipinski definition) is 2. The third-order valence-corrected chi connectivity index (χ3v) is 5.96. The van der Waals surface area contributed by atoms with Crippen molar-refractivity contribution in [1.82, 2.24) is 4.72 Å². The first-order valence-electron chi connectivity index (χ1n) is 8.63. The number of hydrogen-bond acceptors (Lipinski definition) is 4. The molecular weight excluding hydrogens is 306 g/mol. The molecule has 5 heteroatoms. The van der Waals surface area contributed by atoms with E-state index < -0.39 is 11.4 Å². The summed E-state index contributed by atoms with van der Waals surface area (Å²) in [7, 11) is 4.11. The third kappa shape index (κ3) is 5.90. The molecule has 0 amide bonds. The van der Waals surface area contributed by atoms with Crippen molar-refractivity contribution in [2.45, 2.75) is 50.8 Å². The zero-order valence-electron chi connectivity index (χ0n) is 14.8. The minimum Gasteiger partial charge on any atom is -0.598 e. The summed E-state index contributed by atoms with van der Waals surface area (Å²) in [4.78, 5) is 2.11. The quantitative estimate of drug-likeness (QED) is 0.749. The molecule has 1 aliphatic carbocycles. The first kappa shape index (κ1) is 18.4. The Labute approximate surface area is 144 Å². The number of benzene rings is 1. The molecule has 1 atom stereocenters. The number of rotatable bonds is 7. The molecule has 1 unspecified atom stereocenters. The van der Waals surface area contributed by atoms with E-state index in [1.54, 1.807) is 0 Å². The molecule has 0 heterocycles. The Morgan fingerprint density at radius 3 is 2.26 bits per heavy atom. The molecule has 0 aromatic heterocycles. The van der Waals surface area contributed by atoms with E-state index in [0.29, 0.717) is 12.0 Å². The van der Waals surface area contributed by atoms with Crippen LogP contribution in [0.4, 0.5) is 11.4 Å². The molecule has 2 N–H and O–H groups in total. The third-order valence-electron chi connectivity index (χ3n) is 4.54. The summed E-state index contributed by atoms with van der Waals surface area (Å²) in [6.45, 7) is 5.03. The van der Waals surface area contributed by atoms with Gasteiger partial charge in [0.25, 0.3) is 0 Å². The van der Waals surface area contributed by atoms with Crippen molar-refractivity contribution in [3.05, 3.63) is 24.3 Å². The van der Waals surface area contributed by atoms with Crippen LogP contribution in [0.1, 0.15) is 39.5 Å². The maximum absolute atomic E-state index is 11.9. The van der Waals surface area contributed by atoms with Crippen molar-refractivity contribution in [2.75, 3.05) is 30.9 Å². The Balaban J connectivity index is 1.70. The van der Waals surface area contributed by atoms with Gasteiger partial charge in [-0.05, 0) is 69.7 Å². The van der Waals surface area contributed by atoms with Crippen LogP contribution in [0, 0.1) is 5.92 Å². The van der Waals surface area contributed by atoms with E-state index in [1.165, 1.54) is 24.2 Å². The van der Waals surface area contributed by atoms with Gasteiger partial charge in [-0.15, -0.1) is 4.72 Å². The zero-order chi connectivity index (χ0) is 16.8. The molecule has 0 bridgehead atoms. The average molecular weight is 338 g/mol. The summed E-state index contributed by atoms with van der Waals surface area (Å²) < 4.78 is 15.1. The summed E-state index contributed by atoms with van der Waals surface area (Å²) in [6, 6.07) is 9.01.